The highest BCUT2D eigenvalue weighted by Crippen LogP contribution is 2.00. The Labute approximate surface area is 60.8 Å². The number of nitrogens with two attached hydrogens (primary N) is 1. The molecule has 0 spiro atoms. The average Bonchev–Trinajstić information content (AvgIpc) is 1.85. The van der Waals surface area contributed by atoms with Gasteiger partial charge in [0.05, 0.1) is 6.07 Å². The molecular formula is C7H12N2O. The van der Waals surface area contributed by atoms with Crippen LogP contribution in [0.15, 0.2) is 0 Å². The molecule has 0 aromatic carbocycles. The molecule has 1 unspecified atom stereocenters. The van der Waals surface area contributed by atoms with Crippen LogP contribution in [0.3, 0.4) is 0 Å². The zero-order chi connectivity index (χ0) is 8.15. The number of rotatable bonds is 3. The first kappa shape index (κ1) is 9.12. The van der Waals surface area contributed by atoms with Crippen molar-refractivity contribution in [1.29, 1.82) is 5.26 Å². The Kier molecular flexibility index (Phi) is 3.67. The van der Waals surface area contributed by atoms with Crippen LogP contribution >= 0.6 is 0 Å². The van der Waals surface area contributed by atoms with Gasteiger partial charge in [0.1, 0.15) is 0 Å². The highest BCUT2D eigenvalue weighted by molar-refractivity contribution is 5.86. The first-order valence-electron chi connectivity index (χ1n) is 3.25. The van der Waals surface area contributed by atoms with Crippen molar-refractivity contribution in [3.63, 3.8) is 0 Å². The summed E-state index contributed by atoms with van der Waals surface area (Å²) in [6, 6.07) is 0.770. The summed E-state index contributed by atoms with van der Waals surface area (Å²) in [5.41, 5.74) is 5.15. The minimum Gasteiger partial charge on any atom is -0.310 e. The van der Waals surface area contributed by atoms with Gasteiger partial charge < -0.3 is 5.73 Å². The van der Waals surface area contributed by atoms with Crippen molar-refractivity contribution < 1.29 is 4.79 Å². The lowest BCUT2D eigenvalue weighted by molar-refractivity contribution is -0.119. The summed E-state index contributed by atoms with van der Waals surface area (Å²) in [7, 11) is 0. The minimum absolute atomic E-state index is 0.169. The molecule has 0 saturated carbocycles. The van der Waals surface area contributed by atoms with E-state index < -0.39 is 6.04 Å². The van der Waals surface area contributed by atoms with Gasteiger partial charge in [0.25, 0.3) is 0 Å². The second-order valence-electron chi connectivity index (χ2n) is 2.67. The van der Waals surface area contributed by atoms with E-state index >= 15 is 0 Å². The van der Waals surface area contributed by atoms with E-state index in [-0.39, 0.29) is 11.7 Å². The van der Waals surface area contributed by atoms with E-state index in [4.69, 9.17) is 11.0 Å². The molecule has 0 heterocycles. The summed E-state index contributed by atoms with van der Waals surface area (Å²) in [6.45, 7) is 3.84. The van der Waals surface area contributed by atoms with Gasteiger partial charge >= 0.3 is 0 Å². The van der Waals surface area contributed by atoms with E-state index in [2.05, 4.69) is 0 Å². The molecule has 3 nitrogen and oxygen atoms in total. The predicted molar refractivity (Wildman–Crippen MR) is 38.1 cm³/mol. The quantitative estimate of drug-likeness (QED) is 0.619. The zero-order valence-electron chi connectivity index (χ0n) is 6.29. The van der Waals surface area contributed by atoms with Crippen molar-refractivity contribution in [2.45, 2.75) is 26.3 Å². The topological polar surface area (TPSA) is 66.9 Å². The zero-order valence-corrected chi connectivity index (χ0v) is 6.29. The number of carbonyl (C=O) groups is 1. The number of nitriles is 1. The van der Waals surface area contributed by atoms with Gasteiger partial charge in [-0.25, -0.2) is 0 Å². The van der Waals surface area contributed by atoms with Gasteiger partial charge in [-0.1, -0.05) is 13.8 Å². The van der Waals surface area contributed by atoms with Crippen molar-refractivity contribution in [3.8, 4) is 6.07 Å². The Hall–Kier alpha value is -0.880. The van der Waals surface area contributed by atoms with Crippen LogP contribution in [-0.4, -0.2) is 11.8 Å². The Balaban J connectivity index is 3.76. The molecule has 2 N–H and O–H groups in total. The predicted octanol–water partition coefficient (Wildman–Crippen LogP) is 0.452. The van der Waals surface area contributed by atoms with Gasteiger partial charge in [-0.2, -0.15) is 5.26 Å². The number of hydrogen-bond acceptors (Lipinski definition) is 3. The van der Waals surface area contributed by atoms with Gasteiger partial charge in [0.15, 0.2) is 11.8 Å². The Morgan fingerprint density at radius 2 is 2.20 bits per heavy atom. The molecule has 0 aromatic heterocycles. The molecule has 0 radical (unpaired) electrons. The maximum atomic E-state index is 10.8. The van der Waals surface area contributed by atoms with Crippen LogP contribution in [0.4, 0.5) is 0 Å². The first-order chi connectivity index (χ1) is 4.57. The third-order valence-corrected chi connectivity index (χ3v) is 1.10. The summed E-state index contributed by atoms with van der Waals surface area (Å²) < 4.78 is 0. The normalized spacial score (nSPS) is 12.7. The summed E-state index contributed by atoms with van der Waals surface area (Å²) >= 11 is 0. The highest BCUT2D eigenvalue weighted by Gasteiger charge is 2.12. The number of Topliss-reactive ketones (excluding diaryl/α,β-unsaturated/α-hetero) is 1. The fraction of sp³-hybridized carbons (Fsp3) is 0.714. The first-order valence-corrected chi connectivity index (χ1v) is 3.25. The summed E-state index contributed by atoms with van der Waals surface area (Å²) in [5, 5.41) is 8.22. The molecule has 0 aliphatic heterocycles. The van der Waals surface area contributed by atoms with Crippen LogP contribution in [0.2, 0.25) is 0 Å². The summed E-state index contributed by atoms with van der Waals surface area (Å²) in [4.78, 5) is 10.8. The minimum atomic E-state index is -0.928. The molecule has 10 heavy (non-hydrogen) atoms. The lowest BCUT2D eigenvalue weighted by Crippen LogP contribution is -2.29. The molecule has 0 rings (SSSR count). The monoisotopic (exact) mass is 140 g/mol. The number of carbonyl (C=O) groups excluding carboxylic acids is 1. The van der Waals surface area contributed by atoms with E-state index in [0.29, 0.717) is 6.42 Å². The standard InChI is InChI=1S/C7H12N2O/c1-5(2)3-7(10)6(9)4-8/h5-6H,3,9H2,1-2H3. The van der Waals surface area contributed by atoms with E-state index in [9.17, 15) is 4.79 Å². The maximum Gasteiger partial charge on any atom is 0.164 e. The van der Waals surface area contributed by atoms with Crippen LogP contribution in [-0.2, 0) is 4.79 Å². The van der Waals surface area contributed by atoms with Crippen LogP contribution in [0, 0.1) is 17.2 Å². The van der Waals surface area contributed by atoms with Crippen molar-refractivity contribution in [1.82, 2.24) is 0 Å². The molecule has 56 valence electrons. The van der Waals surface area contributed by atoms with Crippen LogP contribution in [0.25, 0.3) is 0 Å². The lowest BCUT2D eigenvalue weighted by atomic mass is 10.0. The Bertz CT molecular complexity index is 157. The third-order valence-electron chi connectivity index (χ3n) is 1.10. The molecule has 0 aromatic rings. The van der Waals surface area contributed by atoms with E-state index in [1.54, 1.807) is 6.07 Å². The van der Waals surface area contributed by atoms with E-state index in [1.807, 2.05) is 13.8 Å². The largest absolute Gasteiger partial charge is 0.310 e. The van der Waals surface area contributed by atoms with Gasteiger partial charge in [0, 0.05) is 6.42 Å². The molecule has 0 aliphatic rings. The van der Waals surface area contributed by atoms with Crippen LogP contribution < -0.4 is 5.73 Å². The molecule has 0 saturated heterocycles. The molecule has 0 amide bonds. The average molecular weight is 140 g/mol. The molecular weight excluding hydrogens is 128 g/mol. The van der Waals surface area contributed by atoms with Crippen LogP contribution in [0.5, 0.6) is 0 Å². The fourth-order valence-corrected chi connectivity index (χ4v) is 0.601. The SMILES string of the molecule is CC(C)CC(=O)C(N)C#N. The number of hydrogen-bond donors (Lipinski definition) is 1. The molecule has 1 atom stereocenters. The van der Waals surface area contributed by atoms with Crippen molar-refractivity contribution in [3.05, 3.63) is 0 Å². The third kappa shape index (κ3) is 3.21. The second kappa shape index (κ2) is 4.02. The highest BCUT2D eigenvalue weighted by atomic mass is 16.1. The van der Waals surface area contributed by atoms with Crippen molar-refractivity contribution in [2.24, 2.45) is 11.7 Å². The molecule has 0 aliphatic carbocycles. The number of nitrogens with zero attached hydrogens (tertiary/aromatic N) is 1. The Morgan fingerprint density at radius 1 is 1.70 bits per heavy atom. The molecule has 3 heteroatoms. The van der Waals surface area contributed by atoms with Crippen LogP contribution in [0.1, 0.15) is 20.3 Å². The second-order valence-corrected chi connectivity index (χ2v) is 2.67. The lowest BCUT2D eigenvalue weighted by Gasteiger charge is -2.03. The summed E-state index contributed by atoms with van der Waals surface area (Å²) in [5.74, 6) is 0.115. The van der Waals surface area contributed by atoms with E-state index in [1.165, 1.54) is 0 Å². The molecule has 0 fully saturated rings. The smallest absolute Gasteiger partial charge is 0.164 e. The van der Waals surface area contributed by atoms with Gasteiger partial charge in [0.2, 0.25) is 0 Å². The maximum absolute atomic E-state index is 10.8. The van der Waals surface area contributed by atoms with Gasteiger partial charge in [-0.15, -0.1) is 0 Å². The van der Waals surface area contributed by atoms with Crippen molar-refractivity contribution in [2.75, 3.05) is 0 Å². The summed E-state index contributed by atoms with van der Waals surface area (Å²) in [6.07, 6.45) is 0.398. The van der Waals surface area contributed by atoms with Crippen molar-refractivity contribution >= 4 is 5.78 Å². The van der Waals surface area contributed by atoms with Gasteiger partial charge in [-0.05, 0) is 5.92 Å². The number of ketones is 1. The fourth-order valence-electron chi connectivity index (χ4n) is 0.601. The van der Waals surface area contributed by atoms with E-state index in [0.717, 1.165) is 0 Å². The Morgan fingerprint density at radius 3 is 2.50 bits per heavy atom. The van der Waals surface area contributed by atoms with Gasteiger partial charge in [-0.3, -0.25) is 4.79 Å². The molecule has 0 bridgehead atoms.